The summed E-state index contributed by atoms with van der Waals surface area (Å²) in [7, 11) is 0. The number of rotatable bonds is 2. The lowest BCUT2D eigenvalue weighted by atomic mass is 9.74. The van der Waals surface area contributed by atoms with Gasteiger partial charge in [0.05, 0.1) is 12.1 Å². The van der Waals surface area contributed by atoms with Crippen molar-refractivity contribution < 1.29 is 36.2 Å². The summed E-state index contributed by atoms with van der Waals surface area (Å²) in [6.07, 6.45) is -9.98. The largest absolute Gasteiger partial charge is 0.417 e. The van der Waals surface area contributed by atoms with Crippen molar-refractivity contribution in [3.05, 3.63) is 35.0 Å². The maximum atomic E-state index is 13.6. The predicted octanol–water partition coefficient (Wildman–Crippen LogP) is 3.58. The smallest absolute Gasteiger partial charge is 0.384 e. The summed E-state index contributed by atoms with van der Waals surface area (Å²) in [5.74, 6) is -3.03. The zero-order valence-electron chi connectivity index (χ0n) is 16.2. The van der Waals surface area contributed by atoms with Crippen LogP contribution in [0.4, 0.5) is 32.2 Å². The third-order valence-electron chi connectivity index (χ3n) is 6.07. The lowest BCUT2D eigenvalue weighted by Gasteiger charge is -2.36. The maximum absolute atomic E-state index is 13.6. The van der Waals surface area contributed by atoms with Gasteiger partial charge in [0.25, 0.3) is 0 Å². The molecule has 0 radical (unpaired) electrons. The van der Waals surface area contributed by atoms with Crippen molar-refractivity contribution in [3.8, 4) is 0 Å². The zero-order valence-corrected chi connectivity index (χ0v) is 16.2. The molecule has 0 amide bonds. The number of piperidine rings is 1. The van der Waals surface area contributed by atoms with E-state index in [4.69, 9.17) is 0 Å². The first kappa shape index (κ1) is 21.8. The molecule has 0 saturated carbocycles. The van der Waals surface area contributed by atoms with E-state index in [0.717, 1.165) is 12.3 Å². The third kappa shape index (κ3) is 4.07. The quantitative estimate of drug-likeness (QED) is 0.704. The number of carbonyl (C=O) groups is 1. The molecule has 3 aliphatic rings. The molecule has 0 spiro atoms. The molecule has 2 atom stereocenters. The van der Waals surface area contributed by atoms with Crippen molar-refractivity contribution in [2.75, 3.05) is 24.5 Å². The Kier molecular flexibility index (Phi) is 5.35. The number of halogens is 6. The molecule has 11 heteroatoms. The van der Waals surface area contributed by atoms with Crippen LogP contribution in [0.3, 0.4) is 0 Å². The molecule has 168 valence electrons. The van der Waals surface area contributed by atoms with Crippen LogP contribution in [0.15, 0.2) is 34.5 Å². The van der Waals surface area contributed by atoms with Crippen LogP contribution in [0.2, 0.25) is 0 Å². The van der Waals surface area contributed by atoms with Crippen molar-refractivity contribution in [2.45, 2.75) is 37.7 Å². The Labute approximate surface area is 173 Å². The second-order valence-corrected chi connectivity index (χ2v) is 7.99. The minimum Gasteiger partial charge on any atom is -0.384 e. The minimum absolute atomic E-state index is 0.0242. The first-order valence-corrected chi connectivity index (χ1v) is 9.79. The molecule has 1 saturated heterocycles. The number of aliphatic hydroxyl groups excluding tert-OH is 1. The highest BCUT2D eigenvalue weighted by Gasteiger charge is 2.54. The Morgan fingerprint density at radius 3 is 2.29 bits per heavy atom. The second-order valence-electron chi connectivity index (χ2n) is 7.99. The number of Topliss-reactive ketones (excluding diaryl/α,β-unsaturated/α-hetero) is 1. The van der Waals surface area contributed by atoms with Gasteiger partial charge in [-0.25, -0.2) is 4.98 Å². The van der Waals surface area contributed by atoms with Gasteiger partial charge in [-0.05, 0) is 36.1 Å². The van der Waals surface area contributed by atoms with E-state index < -0.39 is 35.7 Å². The molecule has 1 aromatic rings. The van der Waals surface area contributed by atoms with Crippen molar-refractivity contribution in [1.29, 1.82) is 0 Å². The van der Waals surface area contributed by atoms with E-state index in [1.54, 1.807) is 4.90 Å². The van der Waals surface area contributed by atoms with Crippen LogP contribution in [0.1, 0.15) is 24.8 Å². The zero-order chi connectivity index (χ0) is 22.6. The number of hydrogen-bond donors (Lipinski definition) is 1. The number of ketones is 1. The van der Waals surface area contributed by atoms with Gasteiger partial charge in [-0.2, -0.15) is 26.3 Å². The fourth-order valence-electron chi connectivity index (χ4n) is 4.54. The van der Waals surface area contributed by atoms with Gasteiger partial charge in [-0.3, -0.25) is 9.79 Å². The van der Waals surface area contributed by atoms with Gasteiger partial charge in [0, 0.05) is 37.3 Å². The lowest BCUT2D eigenvalue weighted by molar-refractivity contribution is -0.190. The van der Waals surface area contributed by atoms with Gasteiger partial charge < -0.3 is 10.0 Å². The molecule has 0 aromatic carbocycles. The number of hydrogen-bond acceptors (Lipinski definition) is 5. The number of carbonyl (C=O) groups excluding carboxylic acids is 1. The van der Waals surface area contributed by atoms with Crippen LogP contribution >= 0.6 is 0 Å². The van der Waals surface area contributed by atoms with E-state index in [1.165, 1.54) is 6.07 Å². The van der Waals surface area contributed by atoms with Crippen molar-refractivity contribution >= 4 is 17.3 Å². The van der Waals surface area contributed by atoms with Gasteiger partial charge in [0.2, 0.25) is 0 Å². The van der Waals surface area contributed by atoms with Crippen LogP contribution in [0.25, 0.3) is 0 Å². The van der Waals surface area contributed by atoms with Crippen LogP contribution in [-0.4, -0.2) is 53.5 Å². The Balaban J connectivity index is 1.48. The van der Waals surface area contributed by atoms with E-state index in [0.29, 0.717) is 43.0 Å². The summed E-state index contributed by atoms with van der Waals surface area (Å²) in [6, 6.07) is 2.22. The molecular formula is C20H19F6N3O2. The molecule has 0 bridgehead atoms. The molecule has 1 N–H and O–H groups in total. The molecule has 3 heterocycles. The van der Waals surface area contributed by atoms with Gasteiger partial charge in [-0.1, -0.05) is 0 Å². The average molecular weight is 447 g/mol. The summed E-state index contributed by atoms with van der Waals surface area (Å²) >= 11 is 0. The fourth-order valence-corrected chi connectivity index (χ4v) is 4.54. The van der Waals surface area contributed by atoms with E-state index >= 15 is 0 Å². The number of nitrogens with zero attached hydrogens (tertiary/aromatic N) is 3. The number of aliphatic imine (C=N–C) groups is 1. The molecule has 4 rings (SSSR count). The van der Waals surface area contributed by atoms with E-state index in [9.17, 15) is 36.2 Å². The van der Waals surface area contributed by atoms with Gasteiger partial charge in [-0.15, -0.1) is 0 Å². The standard InChI is InChI=1S/C20H19F6N3O2/c21-19(22,23)12-1-2-14(27-9-12)29-5-3-10(4-6-29)17-15-11(8-28-17)7-13(30)18(31)16(15)20(24,25)26/h1-2,9-10,16,18,31H,3-8H2/t16-,18+/m1/s1. The molecular weight excluding hydrogens is 428 g/mol. The molecule has 5 nitrogen and oxygen atoms in total. The Bertz CT molecular complexity index is 928. The van der Waals surface area contributed by atoms with Gasteiger partial charge in [0.1, 0.15) is 17.8 Å². The van der Waals surface area contributed by atoms with Crippen LogP contribution in [0, 0.1) is 11.8 Å². The summed E-state index contributed by atoms with van der Waals surface area (Å²) in [5, 5.41) is 9.95. The second kappa shape index (κ2) is 7.61. The summed E-state index contributed by atoms with van der Waals surface area (Å²) in [6.45, 7) is 0.808. The first-order valence-electron chi connectivity index (χ1n) is 9.79. The predicted molar refractivity (Wildman–Crippen MR) is 98.7 cm³/mol. The summed E-state index contributed by atoms with van der Waals surface area (Å²) in [5.41, 5.74) is -0.288. The number of aliphatic hydroxyl groups is 1. The highest BCUT2D eigenvalue weighted by atomic mass is 19.4. The summed E-state index contributed by atoms with van der Waals surface area (Å²) < 4.78 is 79.0. The van der Waals surface area contributed by atoms with E-state index in [-0.39, 0.29) is 24.5 Å². The topological polar surface area (TPSA) is 65.8 Å². The van der Waals surface area contributed by atoms with Gasteiger partial charge >= 0.3 is 12.4 Å². The van der Waals surface area contributed by atoms with Crippen LogP contribution in [-0.2, 0) is 11.0 Å². The molecule has 1 aliphatic carbocycles. The minimum atomic E-state index is -4.77. The van der Waals surface area contributed by atoms with Crippen LogP contribution in [0.5, 0.6) is 0 Å². The molecule has 1 fully saturated rings. The third-order valence-corrected chi connectivity index (χ3v) is 6.07. The van der Waals surface area contributed by atoms with Crippen molar-refractivity contribution in [2.24, 2.45) is 16.8 Å². The highest BCUT2D eigenvalue weighted by molar-refractivity contribution is 6.08. The normalized spacial score (nSPS) is 25.7. The number of pyridine rings is 1. The van der Waals surface area contributed by atoms with Crippen LogP contribution < -0.4 is 4.90 Å². The number of anilines is 1. The molecule has 2 aliphatic heterocycles. The highest BCUT2D eigenvalue weighted by Crippen LogP contribution is 2.45. The average Bonchev–Trinajstić information content (AvgIpc) is 3.10. The van der Waals surface area contributed by atoms with E-state index in [1.807, 2.05) is 0 Å². The van der Waals surface area contributed by atoms with E-state index in [2.05, 4.69) is 9.98 Å². The lowest BCUT2D eigenvalue weighted by Crippen LogP contribution is -2.46. The Hall–Kier alpha value is -2.43. The Morgan fingerprint density at radius 2 is 1.74 bits per heavy atom. The van der Waals surface area contributed by atoms with Crippen molar-refractivity contribution in [3.63, 3.8) is 0 Å². The molecule has 1 aromatic heterocycles. The summed E-state index contributed by atoms with van der Waals surface area (Å²) in [4.78, 5) is 21.8. The maximum Gasteiger partial charge on any atom is 0.417 e. The van der Waals surface area contributed by atoms with Gasteiger partial charge in [0.15, 0.2) is 5.78 Å². The monoisotopic (exact) mass is 447 g/mol. The fraction of sp³-hybridized carbons (Fsp3) is 0.550. The SMILES string of the molecule is O=C1CC2=C(C(C3CCN(c4ccc(C(F)(F)F)cn4)CC3)=NC2)[C@@H](C(F)(F)F)[C@H]1O. The van der Waals surface area contributed by atoms with Crippen molar-refractivity contribution in [1.82, 2.24) is 4.98 Å². The molecule has 31 heavy (non-hydrogen) atoms. The first-order chi connectivity index (χ1) is 14.5. The number of alkyl halides is 6. The molecule has 0 unspecified atom stereocenters. The number of aromatic nitrogens is 1. The Morgan fingerprint density at radius 1 is 1.06 bits per heavy atom.